The Balaban J connectivity index is 3.95. The van der Waals surface area contributed by atoms with Crippen LogP contribution in [0, 0.1) is 5.92 Å². The van der Waals surface area contributed by atoms with E-state index in [2.05, 4.69) is 16.0 Å². The van der Waals surface area contributed by atoms with Crippen LogP contribution in [0.2, 0.25) is 0 Å². The Bertz CT molecular complexity index is 219. The first-order chi connectivity index (χ1) is 7.02. The van der Waals surface area contributed by atoms with Crippen molar-refractivity contribution in [3.8, 4) is 0 Å². The molecule has 15 heavy (non-hydrogen) atoms. The van der Waals surface area contributed by atoms with Crippen LogP contribution in [0.5, 0.6) is 0 Å². The zero-order valence-electron chi connectivity index (χ0n) is 9.89. The Labute approximate surface area is 91.0 Å². The van der Waals surface area contributed by atoms with Gasteiger partial charge in [0.15, 0.2) is 0 Å². The van der Waals surface area contributed by atoms with Gasteiger partial charge in [-0.2, -0.15) is 0 Å². The van der Waals surface area contributed by atoms with Crippen LogP contribution >= 0.6 is 0 Å². The van der Waals surface area contributed by atoms with Crippen molar-refractivity contribution in [3.05, 3.63) is 0 Å². The fourth-order valence-corrected chi connectivity index (χ4v) is 1.09. The van der Waals surface area contributed by atoms with Gasteiger partial charge in [0.1, 0.15) is 6.04 Å². The van der Waals surface area contributed by atoms with Gasteiger partial charge in [0.05, 0.1) is 0 Å². The quantitative estimate of drug-likeness (QED) is 0.558. The number of carbonyl (C=O) groups excluding carboxylic acids is 2. The molecular formula is C10H21N3O2. The van der Waals surface area contributed by atoms with Gasteiger partial charge in [0.25, 0.3) is 0 Å². The summed E-state index contributed by atoms with van der Waals surface area (Å²) < 4.78 is 0. The molecule has 2 atom stereocenters. The number of carbonyl (C=O) groups is 2. The fraction of sp³-hybridized carbons (Fsp3) is 0.800. The molecule has 0 spiro atoms. The molecule has 0 bridgehead atoms. The molecule has 0 rings (SSSR count). The summed E-state index contributed by atoms with van der Waals surface area (Å²) in [4.78, 5) is 22.7. The number of amides is 2. The smallest absolute Gasteiger partial charge is 0.242 e. The summed E-state index contributed by atoms with van der Waals surface area (Å²) in [7, 11) is 1.55. The van der Waals surface area contributed by atoms with E-state index < -0.39 is 6.04 Å². The van der Waals surface area contributed by atoms with Crippen molar-refractivity contribution in [2.24, 2.45) is 5.92 Å². The molecule has 5 nitrogen and oxygen atoms in total. The van der Waals surface area contributed by atoms with Crippen LogP contribution in [-0.2, 0) is 9.59 Å². The van der Waals surface area contributed by atoms with Gasteiger partial charge >= 0.3 is 0 Å². The SMILES string of the molecule is CCNCC(C)C(=O)NC(C)C(=O)NC. The standard InChI is InChI=1S/C10H21N3O2/c1-5-12-6-7(2)9(14)13-8(3)10(15)11-4/h7-8,12H,5-6H2,1-4H3,(H,11,15)(H,13,14). The summed E-state index contributed by atoms with van der Waals surface area (Å²) in [6, 6.07) is -0.480. The molecule has 2 amide bonds. The zero-order chi connectivity index (χ0) is 11.8. The first-order valence-electron chi connectivity index (χ1n) is 5.25. The van der Waals surface area contributed by atoms with Gasteiger partial charge in [0, 0.05) is 19.5 Å². The lowest BCUT2D eigenvalue weighted by Gasteiger charge is -2.16. The lowest BCUT2D eigenvalue weighted by molar-refractivity contribution is -0.130. The van der Waals surface area contributed by atoms with Crippen LogP contribution in [0.15, 0.2) is 0 Å². The van der Waals surface area contributed by atoms with Crippen molar-refractivity contribution in [1.29, 1.82) is 0 Å². The molecule has 0 aliphatic heterocycles. The fourth-order valence-electron chi connectivity index (χ4n) is 1.09. The van der Waals surface area contributed by atoms with E-state index in [1.54, 1.807) is 14.0 Å². The second kappa shape index (κ2) is 7.23. The molecule has 0 heterocycles. The Kier molecular flexibility index (Phi) is 6.70. The molecule has 0 aromatic carbocycles. The highest BCUT2D eigenvalue weighted by Gasteiger charge is 2.18. The lowest BCUT2D eigenvalue weighted by Crippen LogP contribution is -2.46. The third-order valence-electron chi connectivity index (χ3n) is 2.15. The van der Waals surface area contributed by atoms with Gasteiger partial charge < -0.3 is 16.0 Å². The summed E-state index contributed by atoms with van der Waals surface area (Å²) in [6.07, 6.45) is 0. The maximum atomic E-state index is 11.5. The Morgan fingerprint density at radius 3 is 2.27 bits per heavy atom. The molecule has 0 saturated heterocycles. The monoisotopic (exact) mass is 215 g/mol. The summed E-state index contributed by atoms with van der Waals surface area (Å²) in [5, 5.41) is 8.22. The zero-order valence-corrected chi connectivity index (χ0v) is 9.89. The minimum atomic E-state index is -0.480. The van der Waals surface area contributed by atoms with E-state index in [-0.39, 0.29) is 17.7 Å². The molecular weight excluding hydrogens is 194 g/mol. The van der Waals surface area contributed by atoms with Crippen molar-refractivity contribution in [2.75, 3.05) is 20.1 Å². The van der Waals surface area contributed by atoms with Crippen LogP contribution in [0.1, 0.15) is 20.8 Å². The second-order valence-corrected chi connectivity index (χ2v) is 3.55. The van der Waals surface area contributed by atoms with Crippen LogP contribution in [0.4, 0.5) is 0 Å². The van der Waals surface area contributed by atoms with Gasteiger partial charge in [-0.05, 0) is 13.5 Å². The van der Waals surface area contributed by atoms with Gasteiger partial charge in [-0.3, -0.25) is 9.59 Å². The second-order valence-electron chi connectivity index (χ2n) is 3.55. The first kappa shape index (κ1) is 13.9. The van der Waals surface area contributed by atoms with E-state index in [0.29, 0.717) is 6.54 Å². The normalized spacial score (nSPS) is 14.1. The van der Waals surface area contributed by atoms with E-state index in [1.165, 1.54) is 0 Å². The van der Waals surface area contributed by atoms with E-state index in [0.717, 1.165) is 6.54 Å². The summed E-state index contributed by atoms with van der Waals surface area (Å²) in [6.45, 7) is 6.94. The lowest BCUT2D eigenvalue weighted by atomic mass is 10.1. The van der Waals surface area contributed by atoms with Crippen molar-refractivity contribution >= 4 is 11.8 Å². The van der Waals surface area contributed by atoms with E-state index in [1.807, 2.05) is 13.8 Å². The number of nitrogens with one attached hydrogen (secondary N) is 3. The van der Waals surface area contributed by atoms with E-state index in [9.17, 15) is 9.59 Å². The molecule has 0 aromatic rings. The maximum absolute atomic E-state index is 11.5. The molecule has 2 unspecified atom stereocenters. The van der Waals surface area contributed by atoms with Gasteiger partial charge in [0.2, 0.25) is 11.8 Å². The largest absolute Gasteiger partial charge is 0.357 e. The molecule has 0 aliphatic carbocycles. The Morgan fingerprint density at radius 1 is 1.20 bits per heavy atom. The average Bonchev–Trinajstić information content (AvgIpc) is 2.24. The van der Waals surface area contributed by atoms with Crippen molar-refractivity contribution < 1.29 is 9.59 Å². The summed E-state index contributed by atoms with van der Waals surface area (Å²) in [5.41, 5.74) is 0. The third-order valence-corrected chi connectivity index (χ3v) is 2.15. The maximum Gasteiger partial charge on any atom is 0.242 e. The summed E-state index contributed by atoms with van der Waals surface area (Å²) >= 11 is 0. The number of likely N-dealkylation sites (N-methyl/N-ethyl adjacent to an activating group) is 1. The predicted molar refractivity (Wildman–Crippen MR) is 59.4 cm³/mol. The molecule has 0 radical (unpaired) electrons. The van der Waals surface area contributed by atoms with Crippen molar-refractivity contribution in [1.82, 2.24) is 16.0 Å². The molecule has 0 fully saturated rings. The third kappa shape index (κ3) is 5.37. The minimum absolute atomic E-state index is 0.105. The van der Waals surface area contributed by atoms with Crippen LogP contribution in [0.25, 0.3) is 0 Å². The van der Waals surface area contributed by atoms with Crippen LogP contribution < -0.4 is 16.0 Å². The van der Waals surface area contributed by atoms with Crippen molar-refractivity contribution in [2.45, 2.75) is 26.8 Å². The van der Waals surface area contributed by atoms with Crippen LogP contribution in [-0.4, -0.2) is 38.0 Å². The number of rotatable bonds is 6. The Hall–Kier alpha value is -1.10. The van der Waals surface area contributed by atoms with E-state index >= 15 is 0 Å². The highest BCUT2D eigenvalue weighted by Crippen LogP contribution is 1.94. The number of hydrogen-bond acceptors (Lipinski definition) is 3. The predicted octanol–water partition coefficient (Wildman–Crippen LogP) is -0.517. The highest BCUT2D eigenvalue weighted by atomic mass is 16.2. The molecule has 0 saturated carbocycles. The van der Waals surface area contributed by atoms with Gasteiger partial charge in [-0.15, -0.1) is 0 Å². The molecule has 3 N–H and O–H groups in total. The Morgan fingerprint density at radius 2 is 1.80 bits per heavy atom. The highest BCUT2D eigenvalue weighted by molar-refractivity contribution is 5.87. The average molecular weight is 215 g/mol. The molecule has 88 valence electrons. The minimum Gasteiger partial charge on any atom is -0.357 e. The topological polar surface area (TPSA) is 70.2 Å². The van der Waals surface area contributed by atoms with Crippen molar-refractivity contribution in [3.63, 3.8) is 0 Å². The van der Waals surface area contributed by atoms with Gasteiger partial charge in [-0.1, -0.05) is 13.8 Å². The molecule has 0 aliphatic rings. The van der Waals surface area contributed by atoms with E-state index in [4.69, 9.17) is 0 Å². The number of hydrogen-bond donors (Lipinski definition) is 3. The molecule has 0 aromatic heterocycles. The molecule has 5 heteroatoms. The van der Waals surface area contributed by atoms with Crippen LogP contribution in [0.3, 0.4) is 0 Å². The van der Waals surface area contributed by atoms with Gasteiger partial charge in [-0.25, -0.2) is 0 Å². The summed E-state index contributed by atoms with van der Waals surface area (Å²) in [5.74, 6) is -0.414. The first-order valence-corrected chi connectivity index (χ1v) is 5.25.